The topological polar surface area (TPSA) is 15.8 Å². The third kappa shape index (κ3) is 2.01. The fraction of sp³-hybridized carbons (Fsp3) is 0.200. The van der Waals surface area contributed by atoms with Crippen LogP contribution in [0.5, 0.6) is 0 Å². The Morgan fingerprint density at radius 1 is 1.62 bits per heavy atom. The van der Waals surface area contributed by atoms with Crippen molar-refractivity contribution >= 4 is 32.9 Å². The first kappa shape index (κ1) is 8.24. The third-order valence-electron chi connectivity index (χ3n) is 0.806. The minimum absolute atomic E-state index is 0. The van der Waals surface area contributed by atoms with Gasteiger partial charge in [-0.3, -0.25) is 0 Å². The number of aromatic amines is 1. The standard InChI is InChI=1S/C5H6BrN.BrH/c6-4-5-2-1-3-7-5;/h1-3,7H,4H2;1H. The molecule has 0 bridgehead atoms. The molecule has 0 aliphatic heterocycles. The summed E-state index contributed by atoms with van der Waals surface area (Å²) < 4.78 is 0. The van der Waals surface area contributed by atoms with E-state index in [2.05, 4.69) is 20.9 Å². The Morgan fingerprint density at radius 3 is 2.62 bits per heavy atom. The Kier molecular flexibility index (Phi) is 4.28. The van der Waals surface area contributed by atoms with Crippen molar-refractivity contribution < 1.29 is 0 Å². The van der Waals surface area contributed by atoms with E-state index >= 15 is 0 Å². The van der Waals surface area contributed by atoms with Gasteiger partial charge in [-0.15, -0.1) is 17.0 Å². The SMILES string of the molecule is Br.BrCc1ccc[nH]1. The van der Waals surface area contributed by atoms with E-state index in [9.17, 15) is 0 Å². The predicted octanol–water partition coefficient (Wildman–Crippen LogP) is 2.49. The second-order valence-electron chi connectivity index (χ2n) is 1.33. The molecule has 0 saturated carbocycles. The van der Waals surface area contributed by atoms with Crippen LogP contribution in [0.4, 0.5) is 0 Å². The van der Waals surface area contributed by atoms with Gasteiger partial charge in [0, 0.05) is 17.2 Å². The molecule has 3 heteroatoms. The van der Waals surface area contributed by atoms with Gasteiger partial charge in [-0.2, -0.15) is 0 Å². The molecular formula is C5H7Br2N. The molecule has 1 heterocycles. The number of hydrogen-bond acceptors (Lipinski definition) is 0. The van der Waals surface area contributed by atoms with Crippen LogP contribution in [0, 0.1) is 0 Å². The largest absolute Gasteiger partial charge is 0.364 e. The first-order valence-electron chi connectivity index (χ1n) is 2.11. The molecule has 46 valence electrons. The van der Waals surface area contributed by atoms with Crippen molar-refractivity contribution in [2.75, 3.05) is 0 Å². The smallest absolute Gasteiger partial charge is 0.0434 e. The highest BCUT2D eigenvalue weighted by Gasteiger charge is 1.82. The fourth-order valence-electron chi connectivity index (χ4n) is 0.451. The van der Waals surface area contributed by atoms with Crippen LogP contribution in [0.1, 0.15) is 5.69 Å². The Labute approximate surface area is 67.4 Å². The number of alkyl halides is 1. The summed E-state index contributed by atoms with van der Waals surface area (Å²) in [7, 11) is 0. The highest BCUT2D eigenvalue weighted by molar-refractivity contribution is 9.08. The molecule has 0 aliphatic rings. The number of aromatic nitrogens is 1. The van der Waals surface area contributed by atoms with Crippen LogP contribution in [0.25, 0.3) is 0 Å². The van der Waals surface area contributed by atoms with E-state index in [0.29, 0.717) is 0 Å². The van der Waals surface area contributed by atoms with Gasteiger partial charge in [0.15, 0.2) is 0 Å². The maximum absolute atomic E-state index is 3.31. The molecular weight excluding hydrogens is 234 g/mol. The number of nitrogens with one attached hydrogen (secondary N) is 1. The molecule has 0 amide bonds. The van der Waals surface area contributed by atoms with E-state index in [4.69, 9.17) is 0 Å². The quantitative estimate of drug-likeness (QED) is 0.727. The summed E-state index contributed by atoms with van der Waals surface area (Å²) in [6, 6.07) is 4.02. The van der Waals surface area contributed by atoms with Crippen LogP contribution in [-0.4, -0.2) is 4.98 Å². The van der Waals surface area contributed by atoms with Crippen molar-refractivity contribution in [1.82, 2.24) is 4.98 Å². The van der Waals surface area contributed by atoms with E-state index in [1.54, 1.807) is 0 Å². The summed E-state index contributed by atoms with van der Waals surface area (Å²) in [5, 5.41) is 0.917. The van der Waals surface area contributed by atoms with Crippen molar-refractivity contribution in [3.05, 3.63) is 24.0 Å². The minimum Gasteiger partial charge on any atom is -0.364 e. The van der Waals surface area contributed by atoms with E-state index < -0.39 is 0 Å². The van der Waals surface area contributed by atoms with Gasteiger partial charge in [-0.25, -0.2) is 0 Å². The van der Waals surface area contributed by atoms with Gasteiger partial charge in [0.05, 0.1) is 0 Å². The van der Waals surface area contributed by atoms with Crippen molar-refractivity contribution in [3.63, 3.8) is 0 Å². The molecule has 8 heavy (non-hydrogen) atoms. The van der Waals surface area contributed by atoms with E-state index in [0.717, 1.165) is 5.33 Å². The molecule has 0 unspecified atom stereocenters. The first-order valence-corrected chi connectivity index (χ1v) is 3.24. The minimum atomic E-state index is 0. The molecule has 0 atom stereocenters. The van der Waals surface area contributed by atoms with Gasteiger partial charge in [0.25, 0.3) is 0 Å². The summed E-state index contributed by atoms with van der Waals surface area (Å²) in [5.41, 5.74) is 1.22. The van der Waals surface area contributed by atoms with Crippen molar-refractivity contribution in [2.45, 2.75) is 5.33 Å². The second kappa shape index (κ2) is 4.15. The second-order valence-corrected chi connectivity index (χ2v) is 1.89. The Bertz CT molecular complexity index is 125. The summed E-state index contributed by atoms with van der Waals surface area (Å²) in [6.45, 7) is 0. The van der Waals surface area contributed by atoms with Crippen LogP contribution in [0.15, 0.2) is 18.3 Å². The zero-order chi connectivity index (χ0) is 5.11. The molecule has 1 nitrogen and oxygen atoms in total. The summed E-state index contributed by atoms with van der Waals surface area (Å²) in [4.78, 5) is 3.04. The van der Waals surface area contributed by atoms with Crippen molar-refractivity contribution in [1.29, 1.82) is 0 Å². The van der Waals surface area contributed by atoms with Gasteiger partial charge < -0.3 is 4.98 Å². The van der Waals surface area contributed by atoms with Crippen LogP contribution in [0.3, 0.4) is 0 Å². The molecule has 1 aromatic rings. The van der Waals surface area contributed by atoms with Crippen molar-refractivity contribution in [3.8, 4) is 0 Å². The monoisotopic (exact) mass is 239 g/mol. The summed E-state index contributed by atoms with van der Waals surface area (Å²) >= 11 is 3.31. The molecule has 0 radical (unpaired) electrons. The zero-order valence-corrected chi connectivity index (χ0v) is 7.52. The predicted molar refractivity (Wildman–Crippen MR) is 43.7 cm³/mol. The Hall–Kier alpha value is 0.240. The lowest BCUT2D eigenvalue weighted by Gasteiger charge is -1.79. The number of hydrogen-bond donors (Lipinski definition) is 1. The summed E-state index contributed by atoms with van der Waals surface area (Å²) in [5.74, 6) is 0. The average molecular weight is 241 g/mol. The van der Waals surface area contributed by atoms with E-state index in [1.165, 1.54) is 5.69 Å². The normalized spacial score (nSPS) is 8.12. The molecule has 1 rings (SSSR count). The van der Waals surface area contributed by atoms with Gasteiger partial charge >= 0.3 is 0 Å². The molecule has 0 spiro atoms. The maximum Gasteiger partial charge on any atom is 0.0434 e. The Balaban J connectivity index is 0.000000490. The maximum atomic E-state index is 3.31. The van der Waals surface area contributed by atoms with Crippen LogP contribution in [0.2, 0.25) is 0 Å². The van der Waals surface area contributed by atoms with Gasteiger partial charge in [0.1, 0.15) is 0 Å². The third-order valence-corrected chi connectivity index (χ3v) is 1.41. The van der Waals surface area contributed by atoms with Crippen LogP contribution in [-0.2, 0) is 5.33 Å². The lowest BCUT2D eigenvalue weighted by Crippen LogP contribution is -1.69. The van der Waals surface area contributed by atoms with Gasteiger partial charge in [-0.1, -0.05) is 15.9 Å². The van der Waals surface area contributed by atoms with Crippen LogP contribution < -0.4 is 0 Å². The van der Waals surface area contributed by atoms with Crippen LogP contribution >= 0.6 is 32.9 Å². The lowest BCUT2D eigenvalue weighted by molar-refractivity contribution is 1.25. The molecule has 1 aromatic heterocycles. The lowest BCUT2D eigenvalue weighted by atomic mass is 10.5. The van der Waals surface area contributed by atoms with E-state index in [-0.39, 0.29) is 17.0 Å². The molecule has 0 aliphatic carbocycles. The molecule has 1 N–H and O–H groups in total. The molecule has 0 aromatic carbocycles. The highest BCUT2D eigenvalue weighted by Crippen LogP contribution is 1.98. The number of halogens is 2. The Morgan fingerprint density at radius 2 is 2.38 bits per heavy atom. The number of rotatable bonds is 1. The van der Waals surface area contributed by atoms with Gasteiger partial charge in [-0.05, 0) is 12.1 Å². The fourth-order valence-corrected chi connectivity index (χ4v) is 0.799. The molecule has 0 fully saturated rings. The van der Waals surface area contributed by atoms with Gasteiger partial charge in [0.2, 0.25) is 0 Å². The zero-order valence-electron chi connectivity index (χ0n) is 4.23. The van der Waals surface area contributed by atoms with E-state index in [1.807, 2.05) is 18.3 Å². The van der Waals surface area contributed by atoms with Crippen molar-refractivity contribution in [2.24, 2.45) is 0 Å². The first-order chi connectivity index (χ1) is 3.43. The molecule has 0 saturated heterocycles. The highest BCUT2D eigenvalue weighted by atomic mass is 79.9. The summed E-state index contributed by atoms with van der Waals surface area (Å²) in [6.07, 6.45) is 1.91. The number of H-pyrrole nitrogens is 1. The average Bonchev–Trinajstić information content (AvgIpc) is 2.14.